The van der Waals surface area contributed by atoms with Crippen LogP contribution < -0.4 is 5.73 Å². The van der Waals surface area contributed by atoms with E-state index in [0.29, 0.717) is 0 Å². The van der Waals surface area contributed by atoms with Crippen molar-refractivity contribution in [3.05, 3.63) is 0 Å². The fraction of sp³-hybridized carbons (Fsp3) is 0.667. The lowest BCUT2D eigenvalue weighted by molar-refractivity contribution is -0.156. The average molecular weight is 198 g/mol. The van der Waals surface area contributed by atoms with Gasteiger partial charge < -0.3 is 10.8 Å². The van der Waals surface area contributed by atoms with E-state index in [2.05, 4.69) is 4.99 Å². The lowest BCUT2D eigenvalue weighted by atomic mass is 10.2. The van der Waals surface area contributed by atoms with Crippen LogP contribution in [0.1, 0.15) is 6.42 Å². The van der Waals surface area contributed by atoms with Gasteiger partial charge in [0.2, 0.25) is 0 Å². The Bertz CT molecular complexity index is 203. The van der Waals surface area contributed by atoms with Crippen molar-refractivity contribution in [3.8, 4) is 0 Å². The Morgan fingerprint density at radius 2 is 2.15 bits per heavy atom. The minimum Gasteiger partial charge on any atom is -0.480 e. The standard InChI is InChI=1S/C6H9F3N2O2/c7-6(8,9)3-4(5(12)13)11-2-1-10/h2,4H,1,3,10H2,(H,12,13). The molecule has 0 radical (unpaired) electrons. The topological polar surface area (TPSA) is 75.7 Å². The van der Waals surface area contributed by atoms with Gasteiger partial charge in [0.1, 0.15) is 0 Å². The molecule has 0 amide bonds. The summed E-state index contributed by atoms with van der Waals surface area (Å²) in [6, 6.07) is -1.79. The number of carboxylic acids is 1. The van der Waals surface area contributed by atoms with Crippen molar-refractivity contribution in [2.45, 2.75) is 18.6 Å². The van der Waals surface area contributed by atoms with Crippen LogP contribution in [0.2, 0.25) is 0 Å². The zero-order valence-corrected chi connectivity index (χ0v) is 6.58. The van der Waals surface area contributed by atoms with Crippen molar-refractivity contribution in [2.75, 3.05) is 6.54 Å². The monoisotopic (exact) mass is 198 g/mol. The summed E-state index contributed by atoms with van der Waals surface area (Å²) in [5.41, 5.74) is 4.92. The van der Waals surface area contributed by atoms with E-state index in [1.165, 1.54) is 0 Å². The molecule has 0 heterocycles. The fourth-order valence-corrected chi connectivity index (χ4v) is 0.611. The Hall–Kier alpha value is -1.11. The summed E-state index contributed by atoms with van der Waals surface area (Å²) in [5.74, 6) is -1.61. The van der Waals surface area contributed by atoms with Crippen LogP contribution in [0, 0.1) is 0 Å². The van der Waals surface area contributed by atoms with Gasteiger partial charge in [-0.15, -0.1) is 0 Å². The number of aliphatic carboxylic acids is 1. The summed E-state index contributed by atoms with van der Waals surface area (Å²) in [6.07, 6.45) is -5.06. The first-order valence-electron chi connectivity index (χ1n) is 3.38. The quantitative estimate of drug-likeness (QED) is 0.643. The van der Waals surface area contributed by atoms with E-state index in [9.17, 15) is 18.0 Å². The first-order chi connectivity index (χ1) is 5.87. The molecule has 0 aliphatic heterocycles. The molecule has 13 heavy (non-hydrogen) atoms. The molecule has 0 fully saturated rings. The number of hydrogen-bond acceptors (Lipinski definition) is 3. The minimum atomic E-state index is -4.53. The van der Waals surface area contributed by atoms with Crippen LogP contribution >= 0.6 is 0 Å². The maximum Gasteiger partial charge on any atom is 0.391 e. The second-order valence-electron chi connectivity index (χ2n) is 2.24. The number of alkyl halides is 3. The Morgan fingerprint density at radius 3 is 2.46 bits per heavy atom. The molecule has 0 aliphatic rings. The molecule has 0 spiro atoms. The van der Waals surface area contributed by atoms with Crippen LogP contribution in [0.3, 0.4) is 0 Å². The van der Waals surface area contributed by atoms with E-state index in [1.807, 2.05) is 0 Å². The lowest BCUT2D eigenvalue weighted by Crippen LogP contribution is -2.26. The van der Waals surface area contributed by atoms with Crippen molar-refractivity contribution >= 4 is 12.2 Å². The maximum atomic E-state index is 11.7. The van der Waals surface area contributed by atoms with Crippen LogP contribution in [-0.4, -0.2) is 36.1 Å². The normalized spacial score (nSPS) is 14.8. The van der Waals surface area contributed by atoms with Gasteiger partial charge in [0.25, 0.3) is 0 Å². The molecule has 0 aromatic rings. The average Bonchev–Trinajstić information content (AvgIpc) is 1.95. The second kappa shape index (κ2) is 4.80. The largest absolute Gasteiger partial charge is 0.480 e. The maximum absolute atomic E-state index is 11.7. The summed E-state index contributed by atoms with van der Waals surface area (Å²) in [6.45, 7) is -0.0817. The van der Waals surface area contributed by atoms with Gasteiger partial charge >= 0.3 is 12.1 Å². The van der Waals surface area contributed by atoms with Gasteiger partial charge in [0.05, 0.1) is 6.42 Å². The Morgan fingerprint density at radius 1 is 1.62 bits per heavy atom. The highest BCUT2D eigenvalue weighted by Crippen LogP contribution is 2.22. The molecule has 7 heteroatoms. The third kappa shape index (κ3) is 6.09. The van der Waals surface area contributed by atoms with Crippen molar-refractivity contribution in [3.63, 3.8) is 0 Å². The van der Waals surface area contributed by atoms with Gasteiger partial charge in [0.15, 0.2) is 6.04 Å². The van der Waals surface area contributed by atoms with Crippen molar-refractivity contribution in [1.29, 1.82) is 0 Å². The highest BCUT2D eigenvalue weighted by molar-refractivity contribution is 5.76. The molecule has 0 aromatic carbocycles. The van der Waals surface area contributed by atoms with Crippen LogP contribution in [-0.2, 0) is 4.79 Å². The molecule has 0 aliphatic carbocycles. The SMILES string of the molecule is NCC=NC(CC(F)(F)F)C(=O)O. The molecule has 3 N–H and O–H groups in total. The molecule has 0 rings (SSSR count). The summed E-state index contributed by atoms with van der Waals surface area (Å²) < 4.78 is 35.2. The van der Waals surface area contributed by atoms with E-state index in [4.69, 9.17) is 10.8 Å². The number of nitrogens with two attached hydrogens (primary N) is 1. The lowest BCUT2D eigenvalue weighted by Gasteiger charge is -2.09. The molecule has 0 saturated carbocycles. The number of halogens is 3. The Kier molecular flexibility index (Phi) is 4.39. The van der Waals surface area contributed by atoms with Gasteiger partial charge in [-0.25, -0.2) is 4.79 Å². The zero-order valence-electron chi connectivity index (χ0n) is 6.58. The highest BCUT2D eigenvalue weighted by atomic mass is 19.4. The third-order valence-corrected chi connectivity index (χ3v) is 1.10. The van der Waals surface area contributed by atoms with Gasteiger partial charge in [0, 0.05) is 12.8 Å². The fourth-order valence-electron chi connectivity index (χ4n) is 0.611. The van der Waals surface area contributed by atoms with Crippen molar-refractivity contribution in [1.82, 2.24) is 0 Å². The van der Waals surface area contributed by atoms with Crippen LogP contribution in [0.15, 0.2) is 4.99 Å². The van der Waals surface area contributed by atoms with E-state index in [1.54, 1.807) is 0 Å². The molecular formula is C6H9F3N2O2. The molecule has 76 valence electrons. The van der Waals surface area contributed by atoms with Gasteiger partial charge in [-0.2, -0.15) is 13.2 Å². The van der Waals surface area contributed by atoms with E-state index in [-0.39, 0.29) is 6.54 Å². The van der Waals surface area contributed by atoms with Crippen molar-refractivity contribution < 1.29 is 23.1 Å². The van der Waals surface area contributed by atoms with E-state index in [0.717, 1.165) is 6.21 Å². The number of aliphatic imine (C=N–C) groups is 1. The minimum absolute atomic E-state index is 0.0817. The van der Waals surface area contributed by atoms with E-state index < -0.39 is 24.6 Å². The summed E-state index contributed by atoms with van der Waals surface area (Å²) in [7, 11) is 0. The number of hydrogen-bond donors (Lipinski definition) is 2. The molecule has 4 nitrogen and oxygen atoms in total. The molecule has 0 bridgehead atoms. The number of carboxylic acid groups (broad SMARTS) is 1. The van der Waals surface area contributed by atoms with Gasteiger partial charge in [-0.3, -0.25) is 4.99 Å². The summed E-state index contributed by atoms with van der Waals surface area (Å²) >= 11 is 0. The molecule has 1 atom stereocenters. The number of rotatable bonds is 4. The number of nitrogens with zero attached hydrogens (tertiary/aromatic N) is 1. The molecule has 0 aromatic heterocycles. The highest BCUT2D eigenvalue weighted by Gasteiger charge is 2.34. The van der Waals surface area contributed by atoms with Crippen LogP contribution in [0.4, 0.5) is 13.2 Å². The van der Waals surface area contributed by atoms with Crippen molar-refractivity contribution in [2.24, 2.45) is 10.7 Å². The summed E-state index contributed by atoms with van der Waals surface area (Å²) in [4.78, 5) is 13.4. The number of carbonyl (C=O) groups is 1. The second-order valence-corrected chi connectivity index (χ2v) is 2.24. The zero-order chi connectivity index (χ0) is 10.5. The van der Waals surface area contributed by atoms with Gasteiger partial charge in [-0.1, -0.05) is 0 Å². The molecular weight excluding hydrogens is 189 g/mol. The Balaban J connectivity index is 4.27. The molecule has 0 saturated heterocycles. The Labute approximate surface area is 72.3 Å². The van der Waals surface area contributed by atoms with Crippen LogP contribution in [0.25, 0.3) is 0 Å². The first kappa shape index (κ1) is 11.9. The third-order valence-electron chi connectivity index (χ3n) is 1.10. The first-order valence-corrected chi connectivity index (χ1v) is 3.38. The predicted molar refractivity (Wildman–Crippen MR) is 39.6 cm³/mol. The van der Waals surface area contributed by atoms with Gasteiger partial charge in [-0.05, 0) is 0 Å². The smallest absolute Gasteiger partial charge is 0.391 e. The van der Waals surface area contributed by atoms with E-state index >= 15 is 0 Å². The van der Waals surface area contributed by atoms with Crippen LogP contribution in [0.5, 0.6) is 0 Å². The summed E-state index contributed by atoms with van der Waals surface area (Å²) in [5, 5.41) is 8.31. The predicted octanol–water partition coefficient (Wildman–Crippen LogP) is 0.421. The molecule has 1 unspecified atom stereocenters.